The van der Waals surface area contributed by atoms with Crippen LogP contribution in [0.1, 0.15) is 39.7 Å². The minimum absolute atomic E-state index is 0.0113. The van der Waals surface area contributed by atoms with E-state index in [1.165, 1.54) is 30.2 Å². The fraction of sp³-hybridized carbons (Fsp3) is 0.400. The summed E-state index contributed by atoms with van der Waals surface area (Å²) in [5.74, 6) is -12.6. The summed E-state index contributed by atoms with van der Waals surface area (Å²) < 4.78 is 60.1. The Labute approximate surface area is 225 Å². The highest BCUT2D eigenvalue weighted by molar-refractivity contribution is 5.94. The third-order valence-corrected chi connectivity index (χ3v) is 5.81. The molecule has 3 amide bonds. The second-order valence-corrected chi connectivity index (χ2v) is 8.37. The van der Waals surface area contributed by atoms with Crippen molar-refractivity contribution in [3.63, 3.8) is 0 Å². The number of halogens is 4. The molecule has 1 aromatic carbocycles. The summed E-state index contributed by atoms with van der Waals surface area (Å²) in [5, 5.41) is 13.8. The van der Waals surface area contributed by atoms with E-state index >= 15 is 0 Å². The number of ether oxygens (including phenoxy) is 1. The lowest BCUT2D eigenvalue weighted by Crippen LogP contribution is -2.48. The Morgan fingerprint density at radius 3 is 2.17 bits per heavy atom. The zero-order chi connectivity index (χ0) is 30.1. The van der Waals surface area contributed by atoms with E-state index < -0.39 is 83.4 Å². The van der Waals surface area contributed by atoms with Crippen LogP contribution >= 0.6 is 0 Å². The van der Waals surface area contributed by atoms with Gasteiger partial charge in [-0.15, -0.1) is 0 Å². The molecule has 11 nitrogen and oxygen atoms in total. The molecule has 1 heterocycles. The summed E-state index contributed by atoms with van der Waals surface area (Å²) in [6, 6.07) is -0.962. The number of carbonyl (C=O) groups excluding carboxylic acids is 3. The second kappa shape index (κ2) is 14.1. The number of hydrogen-bond acceptors (Lipinski definition) is 6. The Balaban J connectivity index is 2.26. The van der Waals surface area contributed by atoms with E-state index in [4.69, 9.17) is 0 Å². The molecule has 15 heteroatoms. The number of rotatable bonds is 13. The van der Waals surface area contributed by atoms with Crippen LogP contribution in [0.5, 0.6) is 5.75 Å². The zero-order valence-corrected chi connectivity index (χ0v) is 21.8. The van der Waals surface area contributed by atoms with Gasteiger partial charge < -0.3 is 29.9 Å². The maximum atomic E-state index is 13.8. The Hall–Kier alpha value is -4.43. The number of ketones is 1. The number of nitrogens with one attached hydrogen (secondary N) is 2. The number of aliphatic carboxylic acids is 1. The molecule has 0 aliphatic carbocycles. The van der Waals surface area contributed by atoms with Gasteiger partial charge in [0, 0.05) is 25.4 Å². The van der Waals surface area contributed by atoms with E-state index in [-0.39, 0.29) is 18.2 Å². The molecule has 0 aliphatic heterocycles. The lowest BCUT2D eigenvalue weighted by molar-refractivity contribution is -0.140. The fourth-order valence-corrected chi connectivity index (χ4v) is 3.67. The first kappa shape index (κ1) is 31.8. The van der Waals surface area contributed by atoms with Gasteiger partial charge in [0.2, 0.25) is 17.5 Å². The van der Waals surface area contributed by atoms with Crippen molar-refractivity contribution < 1.29 is 46.6 Å². The van der Waals surface area contributed by atoms with Crippen molar-refractivity contribution in [2.75, 3.05) is 25.0 Å². The van der Waals surface area contributed by atoms with E-state index in [0.717, 1.165) is 4.57 Å². The molecule has 0 saturated carbocycles. The fourth-order valence-electron chi connectivity index (χ4n) is 3.67. The van der Waals surface area contributed by atoms with Crippen LogP contribution in [0.2, 0.25) is 0 Å². The van der Waals surface area contributed by atoms with E-state index in [1.807, 2.05) is 0 Å². The molecule has 40 heavy (non-hydrogen) atoms. The minimum Gasteiger partial charge on any atom is -0.481 e. The highest BCUT2D eigenvalue weighted by Crippen LogP contribution is 2.26. The first-order valence-corrected chi connectivity index (χ1v) is 12.1. The van der Waals surface area contributed by atoms with Crippen LogP contribution in [-0.2, 0) is 14.4 Å². The Kier molecular flexibility index (Phi) is 11.2. The van der Waals surface area contributed by atoms with Crippen molar-refractivity contribution in [3.8, 4) is 5.75 Å². The quantitative estimate of drug-likeness (QED) is 0.247. The van der Waals surface area contributed by atoms with Crippen LogP contribution in [0.25, 0.3) is 0 Å². The van der Waals surface area contributed by atoms with Gasteiger partial charge in [-0.05, 0) is 32.4 Å². The minimum atomic E-state index is -1.91. The number of pyridine rings is 1. The highest BCUT2D eigenvalue weighted by atomic mass is 19.2. The summed E-state index contributed by atoms with van der Waals surface area (Å²) in [4.78, 5) is 63.8. The summed E-state index contributed by atoms with van der Waals surface area (Å²) in [6.45, 7) is 4.51. The number of carboxylic acid groups (broad SMARTS) is 1. The van der Waals surface area contributed by atoms with Gasteiger partial charge in [0.1, 0.15) is 24.4 Å². The van der Waals surface area contributed by atoms with Crippen LogP contribution in [0.4, 0.5) is 28.0 Å². The molecule has 0 bridgehead atoms. The highest BCUT2D eigenvalue weighted by Gasteiger charge is 2.30. The number of carbonyl (C=O) groups is 4. The van der Waals surface area contributed by atoms with Gasteiger partial charge in [-0.1, -0.05) is 6.92 Å². The molecule has 218 valence electrons. The average molecular weight is 573 g/mol. The normalized spacial score (nSPS) is 12.3. The van der Waals surface area contributed by atoms with Gasteiger partial charge in [0.05, 0.1) is 6.42 Å². The largest absolute Gasteiger partial charge is 0.481 e. The van der Waals surface area contributed by atoms with Crippen molar-refractivity contribution in [1.29, 1.82) is 0 Å². The van der Waals surface area contributed by atoms with Gasteiger partial charge in [-0.25, -0.2) is 13.6 Å². The third-order valence-electron chi connectivity index (χ3n) is 5.81. The van der Waals surface area contributed by atoms with Crippen molar-refractivity contribution in [1.82, 2.24) is 14.8 Å². The first-order valence-electron chi connectivity index (χ1n) is 12.1. The third kappa shape index (κ3) is 7.57. The van der Waals surface area contributed by atoms with Crippen LogP contribution in [0.15, 0.2) is 29.2 Å². The predicted octanol–water partition coefficient (Wildman–Crippen LogP) is 2.84. The molecule has 0 saturated heterocycles. The van der Waals surface area contributed by atoms with Gasteiger partial charge >= 0.3 is 12.0 Å². The molecular weight excluding hydrogens is 544 g/mol. The number of Topliss-reactive ketones (excluding diaryl/α,β-unsaturated/α-hetero) is 1. The predicted molar refractivity (Wildman–Crippen MR) is 133 cm³/mol. The molecule has 0 radical (unpaired) electrons. The summed E-state index contributed by atoms with van der Waals surface area (Å²) in [5.41, 5.74) is -0.892. The van der Waals surface area contributed by atoms with Crippen molar-refractivity contribution in [2.24, 2.45) is 0 Å². The van der Waals surface area contributed by atoms with Gasteiger partial charge in [0.25, 0.3) is 5.56 Å². The lowest BCUT2D eigenvalue weighted by Gasteiger charge is -2.23. The lowest BCUT2D eigenvalue weighted by atomic mass is 10.1. The molecule has 0 unspecified atom stereocenters. The SMILES string of the molecule is CC[C@@H](C(=O)N[C@@H](CC(=O)O)C(=O)COc1c(F)c(F)cc(F)c1F)n1cccc(NC(=O)N(CC)CC)c1=O. The number of urea groups is 1. The number of benzene rings is 1. The van der Waals surface area contributed by atoms with Gasteiger partial charge in [0.15, 0.2) is 23.2 Å². The smallest absolute Gasteiger partial charge is 0.321 e. The van der Waals surface area contributed by atoms with Crippen LogP contribution in [0.3, 0.4) is 0 Å². The van der Waals surface area contributed by atoms with E-state index in [2.05, 4.69) is 15.4 Å². The molecule has 3 N–H and O–H groups in total. The van der Waals surface area contributed by atoms with Crippen LogP contribution in [-0.4, -0.2) is 64.0 Å². The first-order chi connectivity index (χ1) is 18.9. The Bertz CT molecular complexity index is 1300. The van der Waals surface area contributed by atoms with E-state index in [0.29, 0.717) is 13.1 Å². The average Bonchev–Trinajstić information content (AvgIpc) is 2.90. The number of aromatic nitrogens is 1. The van der Waals surface area contributed by atoms with E-state index in [9.17, 15) is 46.6 Å². The molecule has 0 fully saturated rings. The second-order valence-electron chi connectivity index (χ2n) is 8.37. The zero-order valence-electron chi connectivity index (χ0n) is 21.8. The van der Waals surface area contributed by atoms with Crippen molar-refractivity contribution >= 4 is 29.4 Å². The number of amides is 3. The maximum absolute atomic E-state index is 13.8. The monoisotopic (exact) mass is 572 g/mol. The summed E-state index contributed by atoms with van der Waals surface area (Å²) >= 11 is 0. The molecule has 0 spiro atoms. The van der Waals surface area contributed by atoms with Crippen molar-refractivity contribution in [3.05, 3.63) is 58.0 Å². The topological polar surface area (TPSA) is 147 Å². The van der Waals surface area contributed by atoms with Gasteiger partial charge in [-0.3, -0.25) is 19.2 Å². The molecule has 2 aromatic rings. The maximum Gasteiger partial charge on any atom is 0.321 e. The molecule has 2 rings (SSSR count). The molecule has 0 aliphatic rings. The molecule has 2 atom stereocenters. The van der Waals surface area contributed by atoms with Crippen LogP contribution in [0, 0.1) is 23.3 Å². The summed E-state index contributed by atoms with van der Waals surface area (Å²) in [7, 11) is 0. The molecular formula is C25H28F4N4O7. The summed E-state index contributed by atoms with van der Waals surface area (Å²) in [6.07, 6.45) is 0.259. The van der Waals surface area contributed by atoms with Crippen LogP contribution < -0.4 is 20.9 Å². The number of carboxylic acids is 1. The van der Waals surface area contributed by atoms with E-state index in [1.54, 1.807) is 13.8 Å². The Morgan fingerprint density at radius 2 is 1.65 bits per heavy atom. The number of hydrogen-bond donors (Lipinski definition) is 3. The number of anilines is 1. The number of nitrogens with zero attached hydrogens (tertiary/aromatic N) is 2. The molecule has 1 aromatic heterocycles. The Morgan fingerprint density at radius 1 is 1.05 bits per heavy atom. The van der Waals surface area contributed by atoms with Gasteiger partial charge in [-0.2, -0.15) is 8.78 Å². The van der Waals surface area contributed by atoms with Crippen molar-refractivity contribution in [2.45, 2.75) is 45.7 Å². The standard InChI is InChI=1S/C25H28F4N4O7/c1-4-17(33-9-7-8-15(24(33)38)31-25(39)32(5-2)6-3)23(37)30-16(11-19(35)36)18(34)12-40-22-20(28)13(26)10-14(27)21(22)29/h7-10,16-17H,4-6,11-12H2,1-3H3,(H,30,37)(H,31,39)(H,35,36)/t16-,17-/m0/s1.